The first-order chi connectivity index (χ1) is 25.6. The molecular formula is C43H66O10. The summed E-state index contributed by atoms with van der Waals surface area (Å²) in [4.78, 5) is 23.2. The Morgan fingerprint density at radius 1 is 0.528 bits per heavy atom. The van der Waals surface area contributed by atoms with Gasteiger partial charge in [0.15, 0.2) is 0 Å². The summed E-state index contributed by atoms with van der Waals surface area (Å²) in [5.41, 5.74) is 0.0542. The Kier molecular flexibility index (Phi) is 19.9. The largest absolute Gasteiger partial charge is 0.508 e. The lowest BCUT2D eigenvalue weighted by molar-refractivity contribution is -0.0537. The van der Waals surface area contributed by atoms with Gasteiger partial charge in [0.2, 0.25) is 0 Å². The molecular weight excluding hydrogens is 676 g/mol. The van der Waals surface area contributed by atoms with Gasteiger partial charge >= 0.3 is 12.3 Å². The Morgan fingerprint density at radius 2 is 0.906 bits per heavy atom. The van der Waals surface area contributed by atoms with Crippen LogP contribution in [0.2, 0.25) is 0 Å². The van der Waals surface area contributed by atoms with Crippen LogP contribution in [-0.2, 0) is 30.1 Å². The van der Waals surface area contributed by atoms with Gasteiger partial charge in [-0.3, -0.25) is 0 Å². The minimum atomic E-state index is -0.868. The number of carbonyl (C=O) groups is 2. The van der Waals surface area contributed by atoms with Gasteiger partial charge in [-0.25, -0.2) is 9.59 Å². The molecule has 0 radical (unpaired) electrons. The molecule has 2 aromatic rings. The van der Waals surface area contributed by atoms with Crippen LogP contribution < -0.4 is 9.47 Å². The van der Waals surface area contributed by atoms with Gasteiger partial charge in [0.05, 0.1) is 37.6 Å². The van der Waals surface area contributed by atoms with E-state index in [1.807, 2.05) is 62.4 Å². The number of carbonyl (C=O) groups excluding carboxylic acids is 2. The highest BCUT2D eigenvalue weighted by Crippen LogP contribution is 2.40. The van der Waals surface area contributed by atoms with Crippen molar-refractivity contribution in [3.63, 3.8) is 0 Å². The van der Waals surface area contributed by atoms with Crippen LogP contribution in [0.15, 0.2) is 48.5 Å². The Bertz CT molecular complexity index is 1280. The maximum atomic E-state index is 11.7. The molecule has 2 aliphatic carbocycles. The molecule has 0 amide bonds. The number of aliphatic hydroxyl groups is 2. The summed E-state index contributed by atoms with van der Waals surface area (Å²) >= 11 is 0. The molecule has 53 heavy (non-hydrogen) atoms. The van der Waals surface area contributed by atoms with Crippen LogP contribution in [0.25, 0.3) is 0 Å². The molecule has 2 saturated carbocycles. The third-order valence-electron chi connectivity index (χ3n) is 10.0. The monoisotopic (exact) mass is 742 g/mol. The number of unbranched alkanes of at least 4 members (excludes halogenated alkanes) is 5. The van der Waals surface area contributed by atoms with Crippen molar-refractivity contribution in [3.05, 3.63) is 59.7 Å². The van der Waals surface area contributed by atoms with E-state index in [0.717, 1.165) is 67.9 Å². The molecule has 0 spiro atoms. The van der Waals surface area contributed by atoms with Crippen molar-refractivity contribution < 1.29 is 48.2 Å². The molecule has 2 N–H and O–H groups in total. The fourth-order valence-corrected chi connectivity index (χ4v) is 6.58. The standard InChI is InChI=1S/C22H34O5.C21H32O5/c1-3-5-7-17-25-19-10-8-18(9-11-19)22(24)14-12-20(13-15-22)27-21(23)26-16-6-4-2;1-3-5-6-16-24-18-9-7-17(8-10-18)21(23)13-11-19(12-14-21)26-20(22)25-15-4-2/h8-11,20,24H,3-7,12-17H2,1-2H3;7-10,19,23H,3-6,11-16H2,1-2H3. The number of rotatable bonds is 19. The first kappa shape index (κ1) is 43.9. The van der Waals surface area contributed by atoms with E-state index >= 15 is 0 Å². The molecule has 10 heteroatoms. The smallest absolute Gasteiger partial charge is 0.494 e. The predicted octanol–water partition coefficient (Wildman–Crippen LogP) is 10.3. The number of hydrogen-bond donors (Lipinski definition) is 2. The van der Waals surface area contributed by atoms with Crippen molar-refractivity contribution >= 4 is 12.3 Å². The van der Waals surface area contributed by atoms with Gasteiger partial charge in [-0.15, -0.1) is 0 Å². The van der Waals surface area contributed by atoms with Crippen molar-refractivity contribution in [2.24, 2.45) is 0 Å². The quantitative estimate of drug-likeness (QED) is 0.106. The van der Waals surface area contributed by atoms with Gasteiger partial charge in [-0.05, 0) is 112 Å². The fraction of sp³-hybridized carbons (Fsp3) is 0.674. The highest BCUT2D eigenvalue weighted by Gasteiger charge is 2.37. The maximum Gasteiger partial charge on any atom is 0.508 e. The van der Waals surface area contributed by atoms with Crippen LogP contribution in [0.4, 0.5) is 9.59 Å². The first-order valence-corrected chi connectivity index (χ1v) is 20.2. The van der Waals surface area contributed by atoms with Crippen molar-refractivity contribution in [1.29, 1.82) is 0 Å². The van der Waals surface area contributed by atoms with E-state index in [4.69, 9.17) is 28.4 Å². The second-order valence-corrected chi connectivity index (χ2v) is 14.4. The Labute approximate surface area is 317 Å². The van der Waals surface area contributed by atoms with E-state index in [1.54, 1.807) is 0 Å². The van der Waals surface area contributed by atoms with Crippen LogP contribution in [-0.4, -0.2) is 61.2 Å². The summed E-state index contributed by atoms with van der Waals surface area (Å²) in [7, 11) is 0. The normalized spacial score (nSPS) is 22.5. The zero-order valence-electron chi connectivity index (χ0n) is 32.8. The third kappa shape index (κ3) is 15.8. The van der Waals surface area contributed by atoms with Gasteiger partial charge in [0, 0.05) is 0 Å². The van der Waals surface area contributed by atoms with Crippen molar-refractivity contribution in [1.82, 2.24) is 0 Å². The van der Waals surface area contributed by atoms with Gasteiger partial charge in [0.25, 0.3) is 0 Å². The van der Waals surface area contributed by atoms with Crippen molar-refractivity contribution in [2.75, 3.05) is 26.4 Å². The van der Waals surface area contributed by atoms with Crippen LogP contribution in [0, 0.1) is 0 Å². The number of ether oxygens (including phenoxy) is 6. The molecule has 0 atom stereocenters. The molecule has 0 bridgehead atoms. The maximum absolute atomic E-state index is 11.7. The zero-order valence-corrected chi connectivity index (χ0v) is 32.8. The van der Waals surface area contributed by atoms with Crippen LogP contribution in [0.3, 0.4) is 0 Å². The Balaban J connectivity index is 0.000000286. The van der Waals surface area contributed by atoms with E-state index in [1.165, 1.54) is 25.7 Å². The topological polar surface area (TPSA) is 130 Å². The fourth-order valence-electron chi connectivity index (χ4n) is 6.58. The lowest BCUT2D eigenvalue weighted by atomic mass is 9.78. The molecule has 0 heterocycles. The molecule has 298 valence electrons. The summed E-state index contributed by atoms with van der Waals surface area (Å²) in [5.74, 6) is 1.68. The zero-order chi connectivity index (χ0) is 38.4. The summed E-state index contributed by atoms with van der Waals surface area (Å²) in [6.07, 6.45) is 12.7. The van der Waals surface area contributed by atoms with Crippen LogP contribution >= 0.6 is 0 Å². The third-order valence-corrected chi connectivity index (χ3v) is 10.0. The SMILES string of the molecule is CCCCCOc1ccc(C2(O)CCC(OC(=O)OCCC)CC2)cc1.CCCCCOc1ccc(C2(O)CCC(OC(=O)OCCCC)CC2)cc1. The molecule has 2 fully saturated rings. The number of hydrogen-bond acceptors (Lipinski definition) is 10. The minimum Gasteiger partial charge on any atom is -0.494 e. The van der Waals surface area contributed by atoms with Gasteiger partial charge in [-0.1, -0.05) is 84.1 Å². The van der Waals surface area contributed by atoms with E-state index in [9.17, 15) is 19.8 Å². The van der Waals surface area contributed by atoms with Crippen molar-refractivity contribution in [2.45, 2.75) is 160 Å². The van der Waals surface area contributed by atoms with Gasteiger partial charge < -0.3 is 38.6 Å². The highest BCUT2D eigenvalue weighted by molar-refractivity contribution is 5.60. The van der Waals surface area contributed by atoms with Gasteiger partial charge in [-0.2, -0.15) is 0 Å². The highest BCUT2D eigenvalue weighted by atomic mass is 16.7. The molecule has 2 aliphatic rings. The summed E-state index contributed by atoms with van der Waals surface area (Å²) < 4.78 is 32.1. The molecule has 0 unspecified atom stereocenters. The molecule has 0 aliphatic heterocycles. The van der Waals surface area contributed by atoms with Crippen LogP contribution in [0.5, 0.6) is 11.5 Å². The molecule has 0 aromatic heterocycles. The second kappa shape index (κ2) is 24.0. The minimum absolute atomic E-state index is 0.180. The number of benzene rings is 2. The predicted molar refractivity (Wildman–Crippen MR) is 205 cm³/mol. The molecule has 10 nitrogen and oxygen atoms in total. The molecule has 2 aromatic carbocycles. The van der Waals surface area contributed by atoms with Gasteiger partial charge in [0.1, 0.15) is 23.7 Å². The lowest BCUT2D eigenvalue weighted by Gasteiger charge is -2.36. The molecule has 0 saturated heterocycles. The Morgan fingerprint density at radius 3 is 1.26 bits per heavy atom. The van der Waals surface area contributed by atoms with E-state index < -0.39 is 23.5 Å². The second-order valence-electron chi connectivity index (χ2n) is 14.4. The Hall–Kier alpha value is -3.50. The summed E-state index contributed by atoms with van der Waals surface area (Å²) in [6, 6.07) is 15.4. The lowest BCUT2D eigenvalue weighted by Crippen LogP contribution is -2.35. The van der Waals surface area contributed by atoms with Crippen LogP contribution in [0.1, 0.15) is 148 Å². The first-order valence-electron chi connectivity index (χ1n) is 20.2. The van der Waals surface area contributed by atoms with E-state index in [2.05, 4.69) is 13.8 Å². The van der Waals surface area contributed by atoms with Crippen molar-refractivity contribution in [3.8, 4) is 11.5 Å². The average molecular weight is 743 g/mol. The van der Waals surface area contributed by atoms with E-state index in [-0.39, 0.29) is 12.2 Å². The molecule has 4 rings (SSSR count). The van der Waals surface area contributed by atoms with E-state index in [0.29, 0.717) is 64.6 Å². The summed E-state index contributed by atoms with van der Waals surface area (Å²) in [5, 5.41) is 22.0. The summed E-state index contributed by atoms with van der Waals surface area (Å²) in [6.45, 7) is 10.6. The average Bonchev–Trinajstić information content (AvgIpc) is 3.17.